The van der Waals surface area contributed by atoms with Crippen LogP contribution in [0.2, 0.25) is 0 Å². The fourth-order valence-electron chi connectivity index (χ4n) is 3.71. The van der Waals surface area contributed by atoms with Crippen LogP contribution in [0, 0.1) is 6.92 Å². The van der Waals surface area contributed by atoms with Crippen LogP contribution in [0.4, 0.5) is 5.82 Å². The summed E-state index contributed by atoms with van der Waals surface area (Å²) in [5.74, 6) is -0.318. The third-order valence-electron chi connectivity index (χ3n) is 5.19. The number of amides is 1. The fraction of sp³-hybridized carbons (Fsp3) is 0.160. The van der Waals surface area contributed by atoms with Crippen molar-refractivity contribution in [3.05, 3.63) is 89.7 Å². The van der Waals surface area contributed by atoms with Crippen LogP contribution >= 0.6 is 0 Å². The first-order valence-corrected chi connectivity index (χ1v) is 10.2. The van der Waals surface area contributed by atoms with E-state index in [1.54, 1.807) is 67.6 Å². The van der Waals surface area contributed by atoms with Gasteiger partial charge in [0.15, 0.2) is 5.82 Å². The Kier molecular flexibility index (Phi) is 5.99. The lowest BCUT2D eigenvalue weighted by Gasteiger charge is -2.23. The molecule has 168 valence electrons. The number of ketones is 1. The minimum Gasteiger partial charge on any atom is -0.507 e. The summed E-state index contributed by atoms with van der Waals surface area (Å²) in [6.45, 7) is 5.61. The Balaban J connectivity index is 1.91. The molecule has 0 spiro atoms. The van der Waals surface area contributed by atoms with E-state index in [0.717, 1.165) is 0 Å². The molecule has 1 aliphatic rings. The van der Waals surface area contributed by atoms with Crippen molar-refractivity contribution in [3.8, 4) is 11.5 Å². The number of nitrogens with zero attached hydrogens (tertiary/aromatic N) is 2. The first-order valence-electron chi connectivity index (χ1n) is 10.2. The number of anilines is 1. The van der Waals surface area contributed by atoms with E-state index in [-0.39, 0.29) is 23.8 Å². The molecule has 2 heterocycles. The zero-order valence-corrected chi connectivity index (χ0v) is 18.1. The van der Waals surface area contributed by atoms with E-state index in [0.29, 0.717) is 28.4 Å². The normalized spacial score (nSPS) is 17.3. The topological polar surface area (TPSA) is 102 Å². The van der Waals surface area contributed by atoms with E-state index in [1.807, 2.05) is 0 Å². The summed E-state index contributed by atoms with van der Waals surface area (Å²) >= 11 is 0. The molecule has 33 heavy (non-hydrogen) atoms. The molecule has 0 aliphatic carbocycles. The third-order valence-corrected chi connectivity index (χ3v) is 5.19. The second-order valence-corrected chi connectivity index (χ2v) is 7.37. The van der Waals surface area contributed by atoms with E-state index in [9.17, 15) is 14.7 Å². The average Bonchev–Trinajstić information content (AvgIpc) is 3.37. The van der Waals surface area contributed by atoms with Crippen LogP contribution in [0.5, 0.6) is 11.5 Å². The van der Waals surface area contributed by atoms with Gasteiger partial charge in [0.1, 0.15) is 29.6 Å². The number of carbonyl (C=O) groups is 2. The Bertz CT molecular complexity index is 1260. The number of methoxy groups -OCH3 is 1. The number of aliphatic hydroxyl groups is 1. The Morgan fingerprint density at radius 1 is 1.18 bits per heavy atom. The lowest BCUT2D eigenvalue weighted by Crippen LogP contribution is -2.29. The highest BCUT2D eigenvalue weighted by atomic mass is 16.5. The van der Waals surface area contributed by atoms with Crippen LogP contribution in [0.1, 0.15) is 22.9 Å². The molecule has 4 rings (SSSR count). The number of aryl methyl sites for hydroxylation is 1. The van der Waals surface area contributed by atoms with Crippen molar-refractivity contribution in [1.29, 1.82) is 0 Å². The number of aromatic nitrogens is 1. The maximum Gasteiger partial charge on any atom is 0.301 e. The van der Waals surface area contributed by atoms with E-state index in [1.165, 1.54) is 12.0 Å². The first-order chi connectivity index (χ1) is 15.9. The standard InChI is InChI=1S/C25H22N2O6/c1-4-11-32-19-10-5-7-16(13-19)22-21(23(28)17-8-6-9-18(14-17)31-3)24(29)25(30)27(22)20-12-15(2)33-26-20/h4-10,12-14,22,28H,1,11H2,2-3H3/b23-21+. The number of ether oxygens (including phenoxy) is 2. The van der Waals surface area contributed by atoms with Gasteiger partial charge in [-0.25, -0.2) is 0 Å². The molecular formula is C25H22N2O6. The predicted octanol–water partition coefficient (Wildman–Crippen LogP) is 4.18. The number of hydrogen-bond acceptors (Lipinski definition) is 7. The highest BCUT2D eigenvalue weighted by Gasteiger charge is 2.48. The van der Waals surface area contributed by atoms with Crippen molar-refractivity contribution < 1.29 is 28.7 Å². The molecule has 0 saturated carbocycles. The number of rotatable bonds is 7. The molecule has 1 saturated heterocycles. The van der Waals surface area contributed by atoms with E-state index < -0.39 is 17.7 Å². The van der Waals surface area contributed by atoms with Crippen molar-refractivity contribution in [2.45, 2.75) is 13.0 Å². The Hall–Kier alpha value is -4.33. The highest BCUT2D eigenvalue weighted by Crippen LogP contribution is 2.42. The smallest absolute Gasteiger partial charge is 0.301 e. The summed E-state index contributed by atoms with van der Waals surface area (Å²) in [5.41, 5.74) is 0.823. The van der Waals surface area contributed by atoms with Gasteiger partial charge in [0, 0.05) is 11.6 Å². The average molecular weight is 446 g/mol. The summed E-state index contributed by atoms with van der Waals surface area (Å²) in [6, 6.07) is 14.2. The van der Waals surface area contributed by atoms with Gasteiger partial charge in [0.05, 0.1) is 18.7 Å². The second-order valence-electron chi connectivity index (χ2n) is 7.37. The Morgan fingerprint density at radius 2 is 1.94 bits per heavy atom. The molecule has 8 heteroatoms. The maximum atomic E-state index is 13.2. The molecule has 2 aromatic carbocycles. The lowest BCUT2D eigenvalue weighted by molar-refractivity contribution is -0.132. The van der Waals surface area contributed by atoms with Gasteiger partial charge >= 0.3 is 5.91 Å². The van der Waals surface area contributed by atoms with Gasteiger partial charge in [-0.1, -0.05) is 42.1 Å². The largest absolute Gasteiger partial charge is 0.507 e. The van der Waals surface area contributed by atoms with E-state index >= 15 is 0 Å². The van der Waals surface area contributed by atoms with Gasteiger partial charge in [-0.15, -0.1) is 0 Å². The summed E-state index contributed by atoms with van der Waals surface area (Å²) in [5, 5.41) is 15.1. The number of Topliss-reactive ketones (excluding diaryl/α,β-unsaturated/α-hetero) is 1. The molecule has 1 aromatic heterocycles. The minimum atomic E-state index is -0.951. The molecule has 1 aliphatic heterocycles. The van der Waals surface area contributed by atoms with Crippen LogP contribution in [-0.2, 0) is 9.59 Å². The van der Waals surface area contributed by atoms with Gasteiger partial charge in [-0.3, -0.25) is 14.5 Å². The molecule has 0 radical (unpaired) electrons. The number of hydrogen-bond donors (Lipinski definition) is 1. The van der Waals surface area contributed by atoms with Gasteiger partial charge in [-0.05, 0) is 36.8 Å². The van der Waals surface area contributed by atoms with Gasteiger partial charge < -0.3 is 19.1 Å². The summed E-state index contributed by atoms with van der Waals surface area (Å²) in [4.78, 5) is 27.5. The molecule has 8 nitrogen and oxygen atoms in total. The lowest BCUT2D eigenvalue weighted by atomic mass is 9.95. The molecular weight excluding hydrogens is 424 g/mol. The van der Waals surface area contributed by atoms with Crippen LogP contribution in [0.25, 0.3) is 5.76 Å². The Labute approximate surface area is 190 Å². The van der Waals surface area contributed by atoms with Crippen molar-refractivity contribution in [3.63, 3.8) is 0 Å². The maximum absolute atomic E-state index is 13.2. The highest BCUT2D eigenvalue weighted by molar-refractivity contribution is 6.51. The van der Waals surface area contributed by atoms with Crippen molar-refractivity contribution in [1.82, 2.24) is 5.16 Å². The third kappa shape index (κ3) is 4.10. The quantitative estimate of drug-likeness (QED) is 0.251. The van der Waals surface area contributed by atoms with Gasteiger partial charge in [-0.2, -0.15) is 0 Å². The zero-order valence-electron chi connectivity index (χ0n) is 18.1. The van der Waals surface area contributed by atoms with E-state index in [2.05, 4.69) is 11.7 Å². The predicted molar refractivity (Wildman–Crippen MR) is 121 cm³/mol. The molecule has 1 atom stereocenters. The molecule has 0 bridgehead atoms. The van der Waals surface area contributed by atoms with Crippen LogP contribution in [-0.4, -0.2) is 35.7 Å². The second kappa shape index (κ2) is 9.04. The first kappa shape index (κ1) is 21.9. The van der Waals surface area contributed by atoms with E-state index in [4.69, 9.17) is 14.0 Å². The fourth-order valence-corrected chi connectivity index (χ4v) is 3.71. The van der Waals surface area contributed by atoms with Crippen molar-refractivity contribution in [2.24, 2.45) is 0 Å². The molecule has 3 aromatic rings. The number of benzene rings is 2. The monoisotopic (exact) mass is 446 g/mol. The zero-order chi connectivity index (χ0) is 23.5. The molecule has 1 amide bonds. The van der Waals surface area contributed by atoms with Crippen molar-refractivity contribution in [2.75, 3.05) is 18.6 Å². The number of aliphatic hydroxyl groups excluding tert-OH is 1. The van der Waals surface area contributed by atoms with Crippen LogP contribution < -0.4 is 14.4 Å². The molecule has 1 N–H and O–H groups in total. The SMILES string of the molecule is C=CCOc1cccc(C2/C(=C(\O)c3cccc(OC)c3)C(=O)C(=O)N2c2cc(C)on2)c1. The van der Waals surface area contributed by atoms with Gasteiger partial charge in [0.25, 0.3) is 5.78 Å². The summed E-state index contributed by atoms with van der Waals surface area (Å²) in [6.07, 6.45) is 1.61. The Morgan fingerprint density at radius 3 is 2.64 bits per heavy atom. The molecule has 1 fully saturated rings. The summed E-state index contributed by atoms with van der Waals surface area (Å²) in [7, 11) is 1.50. The van der Waals surface area contributed by atoms with Crippen molar-refractivity contribution >= 4 is 23.3 Å². The van der Waals surface area contributed by atoms with Crippen LogP contribution in [0.15, 0.2) is 77.3 Å². The molecule has 1 unspecified atom stereocenters. The minimum absolute atomic E-state index is 0.0743. The number of carbonyl (C=O) groups excluding carboxylic acids is 2. The van der Waals surface area contributed by atoms with Gasteiger partial charge in [0.2, 0.25) is 0 Å². The summed E-state index contributed by atoms with van der Waals surface area (Å²) < 4.78 is 16.0. The van der Waals surface area contributed by atoms with Crippen LogP contribution in [0.3, 0.4) is 0 Å².